The van der Waals surface area contributed by atoms with Crippen molar-refractivity contribution in [1.29, 1.82) is 5.26 Å². The van der Waals surface area contributed by atoms with Gasteiger partial charge in [-0.05, 0) is 102 Å². The molecule has 0 fully saturated rings. The molecule has 256 valence electrons. The van der Waals surface area contributed by atoms with Crippen LogP contribution >= 0.6 is 20.3 Å². The number of benzene rings is 2. The summed E-state index contributed by atoms with van der Waals surface area (Å²) < 4.78 is 17.6. The molecule has 5 aliphatic rings. The number of hydrogen-bond donors (Lipinski definition) is 0. The summed E-state index contributed by atoms with van der Waals surface area (Å²) in [7, 11) is -1.18. The highest BCUT2D eigenvalue weighted by atomic mass is 32.2. The Labute approximate surface area is 294 Å². The van der Waals surface area contributed by atoms with Crippen molar-refractivity contribution in [2.75, 3.05) is 37.7 Å². The van der Waals surface area contributed by atoms with Crippen LogP contribution in [-0.2, 0) is 27.3 Å². The van der Waals surface area contributed by atoms with Gasteiger partial charge in [0.25, 0.3) is 8.53 Å². The molecule has 2 aromatic carbocycles. The lowest BCUT2D eigenvalue weighted by atomic mass is 9.72. The van der Waals surface area contributed by atoms with Crippen molar-refractivity contribution in [2.45, 2.75) is 126 Å². The summed E-state index contributed by atoms with van der Waals surface area (Å²) in [6.45, 7) is 16.0. The van der Waals surface area contributed by atoms with Crippen molar-refractivity contribution in [3.05, 3.63) is 58.2 Å². The number of unbranched alkanes of at least 4 members (excludes halogenated alkanes) is 2. The zero-order valence-corrected chi connectivity index (χ0v) is 31.5. The molecule has 0 saturated heterocycles. The van der Waals surface area contributed by atoms with E-state index in [1.54, 1.807) is 33.0 Å². The summed E-state index contributed by atoms with van der Waals surface area (Å²) in [4.78, 5) is 4.28. The molecule has 5 heterocycles. The maximum atomic E-state index is 9.05. The summed E-state index contributed by atoms with van der Waals surface area (Å²) >= 11 is 2.19. The summed E-state index contributed by atoms with van der Waals surface area (Å²) in [5, 5.41) is 9.58. The third-order valence-electron chi connectivity index (χ3n) is 11.1. The Kier molecular flexibility index (Phi) is 10.4. The molecule has 3 atom stereocenters. The number of thioether (sulfide) groups is 1. The molecular weight excluding hydrogens is 632 g/mol. The Hall–Kier alpha value is -2.20. The molecule has 48 heavy (non-hydrogen) atoms. The van der Waals surface area contributed by atoms with E-state index in [0.717, 1.165) is 32.2 Å². The van der Waals surface area contributed by atoms with E-state index in [4.69, 9.17) is 14.3 Å². The second-order valence-corrected chi connectivity index (χ2v) is 17.7. The van der Waals surface area contributed by atoms with Gasteiger partial charge in [-0.15, -0.1) is 11.8 Å². The molecule has 0 bridgehead atoms. The van der Waals surface area contributed by atoms with Crippen LogP contribution in [0, 0.1) is 11.3 Å². The summed E-state index contributed by atoms with van der Waals surface area (Å²) in [6.07, 6.45) is 13.7. The number of anilines is 1. The van der Waals surface area contributed by atoms with Crippen molar-refractivity contribution < 1.29 is 13.6 Å². The van der Waals surface area contributed by atoms with Crippen molar-refractivity contribution in [1.82, 2.24) is 4.67 Å². The van der Waals surface area contributed by atoms with Gasteiger partial charge in [0.15, 0.2) is 12.3 Å². The van der Waals surface area contributed by atoms with Crippen molar-refractivity contribution in [2.24, 2.45) is 0 Å². The highest BCUT2D eigenvalue weighted by Gasteiger charge is 2.53. The molecule has 5 aliphatic heterocycles. The van der Waals surface area contributed by atoms with E-state index in [0.29, 0.717) is 37.0 Å². The molecule has 0 spiro atoms. The Balaban J connectivity index is 1.09. The Morgan fingerprint density at radius 2 is 1.83 bits per heavy atom. The standard InChI is InChI=1S/C40H54N4O2PS/c1-28(2)44(29(3)4)47(46-25-13-20-41)45-24-10-6-9-19-40(5)34-16-7-8-17-35(34)43-23-18-36-33(39(40)43)27-31-26-30-14-11-21-42-22-12-15-32(37(30)42)38(31)48-36/h7-8,16-17,26-29,36H,6,9-15,18-19,21-25H2,1-5H3/q+1. The van der Waals surface area contributed by atoms with Crippen LogP contribution in [0.25, 0.3) is 6.08 Å². The predicted octanol–water partition coefficient (Wildman–Crippen LogP) is 9.56. The molecule has 2 aromatic rings. The first-order chi connectivity index (χ1) is 23.3. The molecule has 8 heteroatoms. The van der Waals surface area contributed by atoms with Crippen LogP contribution in [0.5, 0.6) is 0 Å². The molecule has 0 saturated carbocycles. The topological polar surface area (TPSA) is 51.7 Å². The van der Waals surface area contributed by atoms with Gasteiger partial charge in [0.05, 0.1) is 31.1 Å². The fourth-order valence-electron chi connectivity index (χ4n) is 9.14. The zero-order valence-electron chi connectivity index (χ0n) is 29.8. The summed E-state index contributed by atoms with van der Waals surface area (Å²) in [6, 6.07) is 14.6. The lowest BCUT2D eigenvalue weighted by molar-refractivity contribution is -0.441. The number of nitrogens with zero attached hydrogens (tertiary/aromatic N) is 4. The molecule has 6 nitrogen and oxygen atoms in total. The molecule has 0 N–H and O–H groups in total. The average Bonchev–Trinajstić information content (AvgIpc) is 3.33. The maximum absolute atomic E-state index is 9.05. The number of hydrogen-bond acceptors (Lipinski definition) is 6. The second-order valence-electron chi connectivity index (χ2n) is 15.0. The first-order valence-corrected chi connectivity index (χ1v) is 20.6. The van der Waals surface area contributed by atoms with Gasteiger partial charge in [-0.2, -0.15) is 9.84 Å². The van der Waals surface area contributed by atoms with E-state index in [-0.39, 0.29) is 5.41 Å². The van der Waals surface area contributed by atoms with Crippen LogP contribution < -0.4 is 4.90 Å². The van der Waals surface area contributed by atoms with Crippen LogP contribution in [0.15, 0.2) is 40.8 Å². The normalized spacial score (nSPS) is 23.0. The predicted molar refractivity (Wildman–Crippen MR) is 201 cm³/mol. The fraction of sp³-hybridized carbons (Fsp3) is 0.600. The van der Waals surface area contributed by atoms with Crippen molar-refractivity contribution in [3.63, 3.8) is 0 Å². The van der Waals surface area contributed by atoms with Gasteiger partial charge in [0.1, 0.15) is 0 Å². The van der Waals surface area contributed by atoms with E-state index in [1.165, 1.54) is 62.0 Å². The van der Waals surface area contributed by atoms with Crippen LogP contribution in [0.2, 0.25) is 0 Å². The molecule has 0 radical (unpaired) electrons. The van der Waals surface area contributed by atoms with Gasteiger partial charge >= 0.3 is 0 Å². The third-order valence-corrected chi connectivity index (χ3v) is 14.7. The number of nitriles is 1. The number of aryl methyl sites for hydroxylation is 1. The fourth-order valence-corrected chi connectivity index (χ4v) is 12.2. The van der Waals surface area contributed by atoms with Gasteiger partial charge in [0.2, 0.25) is 5.69 Å². The molecule has 0 amide bonds. The van der Waals surface area contributed by atoms with Gasteiger partial charge in [-0.25, -0.2) is 4.67 Å². The van der Waals surface area contributed by atoms with Gasteiger partial charge in [-0.1, -0.05) is 31.0 Å². The molecule has 3 unspecified atom stereocenters. The van der Waals surface area contributed by atoms with E-state index >= 15 is 0 Å². The Morgan fingerprint density at radius 1 is 1.06 bits per heavy atom. The first kappa shape index (κ1) is 34.3. The molecule has 7 rings (SSSR count). The highest BCUT2D eigenvalue weighted by Crippen LogP contribution is 2.54. The minimum absolute atomic E-state index is 0.00159. The zero-order chi connectivity index (χ0) is 33.4. The van der Waals surface area contributed by atoms with Crippen LogP contribution in [0.4, 0.5) is 11.4 Å². The maximum Gasteiger partial charge on any atom is 0.259 e. The Morgan fingerprint density at radius 3 is 2.62 bits per heavy atom. The SMILES string of the molecule is CC(C)N(C(C)C)P(OCCC#N)OCCCCCC1(C)C2=[N+](CCC3Sc4c(cc5c6c4CCCN6CCC5)C=C23)c2ccccc21. The van der Waals surface area contributed by atoms with E-state index < -0.39 is 8.53 Å². The average molecular weight is 686 g/mol. The van der Waals surface area contributed by atoms with Crippen LogP contribution in [-0.4, -0.2) is 65.1 Å². The van der Waals surface area contributed by atoms with Gasteiger partial charge in [-0.3, -0.25) is 0 Å². The molecule has 0 aliphatic carbocycles. The summed E-state index contributed by atoms with van der Waals surface area (Å²) in [5.74, 6) is 0. The number of rotatable bonds is 13. The first-order valence-electron chi connectivity index (χ1n) is 18.6. The van der Waals surface area contributed by atoms with Crippen molar-refractivity contribution >= 4 is 43.5 Å². The minimum Gasteiger partial charge on any atom is -0.371 e. The van der Waals surface area contributed by atoms with Crippen molar-refractivity contribution in [3.8, 4) is 6.07 Å². The van der Waals surface area contributed by atoms with E-state index in [9.17, 15) is 0 Å². The van der Waals surface area contributed by atoms with E-state index in [1.807, 2.05) is 0 Å². The van der Waals surface area contributed by atoms with Crippen LogP contribution in [0.1, 0.15) is 108 Å². The number of para-hydroxylation sites is 1. The minimum atomic E-state index is -1.18. The molecule has 0 aromatic heterocycles. The number of fused-ring (bicyclic) bond motifs is 6. The third kappa shape index (κ3) is 6.31. The molecular formula is C40H54N4O2PS+. The quantitative estimate of drug-likeness (QED) is 0.119. The van der Waals surface area contributed by atoms with E-state index in [2.05, 4.69) is 103 Å². The second kappa shape index (κ2) is 14.6. The monoisotopic (exact) mass is 685 g/mol. The lowest BCUT2D eigenvalue weighted by Crippen LogP contribution is -2.41. The lowest BCUT2D eigenvalue weighted by Gasteiger charge is -2.40. The largest absolute Gasteiger partial charge is 0.371 e. The van der Waals surface area contributed by atoms with Gasteiger partial charge < -0.3 is 13.9 Å². The van der Waals surface area contributed by atoms with Gasteiger partial charge in [0, 0.05) is 64.6 Å². The smallest absolute Gasteiger partial charge is 0.259 e. The van der Waals surface area contributed by atoms with Crippen LogP contribution in [0.3, 0.4) is 0 Å². The highest BCUT2D eigenvalue weighted by molar-refractivity contribution is 8.00. The Bertz CT molecular complexity index is 1620. The summed E-state index contributed by atoms with van der Waals surface area (Å²) in [5.41, 5.74) is 12.4.